The zero-order valence-electron chi connectivity index (χ0n) is 9.64. The van der Waals surface area contributed by atoms with Crippen molar-refractivity contribution in [1.82, 2.24) is 4.90 Å². The van der Waals surface area contributed by atoms with Crippen LogP contribution < -0.4 is 11.5 Å². The summed E-state index contributed by atoms with van der Waals surface area (Å²) in [6, 6.07) is 1.12. The number of carbonyl (C=O) groups excluding carboxylic acids is 2. The highest BCUT2D eigenvalue weighted by atomic mass is 16.2. The summed E-state index contributed by atoms with van der Waals surface area (Å²) < 4.78 is 0. The average molecular weight is 226 g/mol. The van der Waals surface area contributed by atoms with Crippen LogP contribution in [0.4, 0.5) is 0 Å². The SMILES string of the molecule is CCN(CC(C)C#N)C(=O)C(N)CC(N)=O. The number of nitrogens with zero attached hydrogens (tertiary/aromatic N) is 2. The highest BCUT2D eigenvalue weighted by molar-refractivity contribution is 5.87. The van der Waals surface area contributed by atoms with E-state index in [9.17, 15) is 9.59 Å². The zero-order valence-corrected chi connectivity index (χ0v) is 9.64. The maximum atomic E-state index is 11.7. The first-order valence-corrected chi connectivity index (χ1v) is 5.14. The molecule has 0 aromatic rings. The van der Waals surface area contributed by atoms with Gasteiger partial charge >= 0.3 is 0 Å². The molecule has 0 spiro atoms. The van der Waals surface area contributed by atoms with Crippen LogP contribution in [-0.4, -0.2) is 35.8 Å². The van der Waals surface area contributed by atoms with Gasteiger partial charge < -0.3 is 16.4 Å². The van der Waals surface area contributed by atoms with E-state index in [4.69, 9.17) is 16.7 Å². The Labute approximate surface area is 95.2 Å². The fraction of sp³-hybridized carbons (Fsp3) is 0.700. The lowest BCUT2D eigenvalue weighted by Gasteiger charge is -2.24. The summed E-state index contributed by atoms with van der Waals surface area (Å²) in [6.45, 7) is 4.28. The molecule has 2 amide bonds. The van der Waals surface area contributed by atoms with E-state index in [1.807, 2.05) is 6.07 Å². The Morgan fingerprint density at radius 1 is 1.50 bits per heavy atom. The Hall–Kier alpha value is -1.61. The first kappa shape index (κ1) is 14.4. The molecule has 0 aromatic heterocycles. The molecule has 0 aliphatic carbocycles. The molecule has 2 atom stereocenters. The van der Waals surface area contributed by atoms with Gasteiger partial charge in [-0.3, -0.25) is 9.59 Å². The third-order valence-electron chi connectivity index (χ3n) is 2.15. The summed E-state index contributed by atoms with van der Waals surface area (Å²) in [5.41, 5.74) is 10.5. The van der Waals surface area contributed by atoms with Crippen LogP contribution in [0.2, 0.25) is 0 Å². The molecule has 0 heterocycles. The monoisotopic (exact) mass is 226 g/mol. The molecule has 0 saturated heterocycles. The van der Waals surface area contributed by atoms with Gasteiger partial charge in [-0.15, -0.1) is 0 Å². The first-order chi connectivity index (χ1) is 7.42. The van der Waals surface area contributed by atoms with Gasteiger partial charge in [0.2, 0.25) is 11.8 Å². The lowest BCUT2D eigenvalue weighted by molar-refractivity contribution is -0.134. The molecule has 0 aliphatic rings. The minimum Gasteiger partial charge on any atom is -0.370 e. The van der Waals surface area contributed by atoms with E-state index in [0.29, 0.717) is 13.1 Å². The number of primary amides is 1. The fourth-order valence-electron chi connectivity index (χ4n) is 1.28. The minimum atomic E-state index is -0.914. The number of hydrogen-bond donors (Lipinski definition) is 2. The Morgan fingerprint density at radius 3 is 2.44 bits per heavy atom. The Morgan fingerprint density at radius 2 is 2.06 bits per heavy atom. The van der Waals surface area contributed by atoms with Crippen molar-refractivity contribution in [3.05, 3.63) is 0 Å². The minimum absolute atomic E-state index is 0.170. The van der Waals surface area contributed by atoms with Gasteiger partial charge in [-0.1, -0.05) is 0 Å². The molecule has 0 aliphatic heterocycles. The molecule has 0 fully saturated rings. The van der Waals surface area contributed by atoms with Gasteiger partial charge in [-0.05, 0) is 13.8 Å². The topological polar surface area (TPSA) is 113 Å². The molecule has 16 heavy (non-hydrogen) atoms. The number of likely N-dealkylation sites (N-methyl/N-ethyl adjacent to an activating group) is 1. The molecule has 0 saturated carbocycles. The van der Waals surface area contributed by atoms with E-state index in [2.05, 4.69) is 0 Å². The smallest absolute Gasteiger partial charge is 0.240 e. The van der Waals surface area contributed by atoms with Crippen LogP contribution >= 0.6 is 0 Å². The summed E-state index contributed by atoms with van der Waals surface area (Å²) in [5, 5.41) is 8.65. The Balaban J connectivity index is 4.41. The van der Waals surface area contributed by atoms with Crippen molar-refractivity contribution in [3.8, 4) is 6.07 Å². The van der Waals surface area contributed by atoms with E-state index in [-0.39, 0.29) is 18.2 Å². The molecule has 4 N–H and O–H groups in total. The van der Waals surface area contributed by atoms with Gasteiger partial charge in [0, 0.05) is 13.1 Å². The van der Waals surface area contributed by atoms with Crippen molar-refractivity contribution in [3.63, 3.8) is 0 Å². The Bertz CT molecular complexity index is 298. The molecule has 2 unspecified atom stereocenters. The maximum absolute atomic E-state index is 11.7. The largest absolute Gasteiger partial charge is 0.370 e. The number of amides is 2. The van der Waals surface area contributed by atoms with Crippen molar-refractivity contribution in [2.24, 2.45) is 17.4 Å². The van der Waals surface area contributed by atoms with E-state index in [1.165, 1.54) is 4.90 Å². The van der Waals surface area contributed by atoms with Crippen LogP contribution in [0.5, 0.6) is 0 Å². The molecular formula is C10H18N4O2. The summed E-state index contributed by atoms with van der Waals surface area (Å²) >= 11 is 0. The average Bonchev–Trinajstić information content (AvgIpc) is 2.23. The lowest BCUT2D eigenvalue weighted by Crippen LogP contribution is -2.46. The second-order valence-electron chi connectivity index (χ2n) is 3.68. The molecular weight excluding hydrogens is 208 g/mol. The second-order valence-corrected chi connectivity index (χ2v) is 3.68. The maximum Gasteiger partial charge on any atom is 0.240 e. The zero-order chi connectivity index (χ0) is 12.7. The third-order valence-corrected chi connectivity index (χ3v) is 2.15. The van der Waals surface area contributed by atoms with Gasteiger partial charge in [0.25, 0.3) is 0 Å². The van der Waals surface area contributed by atoms with Crippen LogP contribution in [0.15, 0.2) is 0 Å². The first-order valence-electron chi connectivity index (χ1n) is 5.14. The molecule has 0 aromatic carbocycles. The fourth-order valence-corrected chi connectivity index (χ4v) is 1.28. The lowest BCUT2D eigenvalue weighted by atomic mass is 10.1. The predicted octanol–water partition coefficient (Wildman–Crippen LogP) is -0.803. The predicted molar refractivity (Wildman–Crippen MR) is 58.8 cm³/mol. The van der Waals surface area contributed by atoms with Crippen molar-refractivity contribution < 1.29 is 9.59 Å². The van der Waals surface area contributed by atoms with Crippen molar-refractivity contribution in [2.75, 3.05) is 13.1 Å². The van der Waals surface area contributed by atoms with Crippen LogP contribution in [0, 0.1) is 17.2 Å². The van der Waals surface area contributed by atoms with E-state index < -0.39 is 11.9 Å². The van der Waals surface area contributed by atoms with Crippen molar-refractivity contribution in [2.45, 2.75) is 26.3 Å². The van der Waals surface area contributed by atoms with E-state index in [1.54, 1.807) is 13.8 Å². The van der Waals surface area contributed by atoms with Gasteiger partial charge in [0.15, 0.2) is 0 Å². The van der Waals surface area contributed by atoms with Crippen LogP contribution in [-0.2, 0) is 9.59 Å². The quantitative estimate of drug-likeness (QED) is 0.617. The molecule has 0 rings (SSSR count). The number of carbonyl (C=O) groups is 2. The second kappa shape index (κ2) is 6.80. The van der Waals surface area contributed by atoms with Crippen molar-refractivity contribution >= 4 is 11.8 Å². The summed E-state index contributed by atoms with van der Waals surface area (Å²) in [5.74, 6) is -1.21. The van der Waals surface area contributed by atoms with Gasteiger partial charge in [-0.2, -0.15) is 5.26 Å². The summed E-state index contributed by atoms with van der Waals surface area (Å²) in [7, 11) is 0. The molecule has 0 radical (unpaired) electrons. The van der Waals surface area contributed by atoms with Gasteiger partial charge in [-0.25, -0.2) is 0 Å². The molecule has 6 nitrogen and oxygen atoms in total. The van der Waals surface area contributed by atoms with Crippen molar-refractivity contribution in [1.29, 1.82) is 5.26 Å². The third kappa shape index (κ3) is 4.75. The number of nitriles is 1. The number of hydrogen-bond acceptors (Lipinski definition) is 4. The van der Waals surface area contributed by atoms with Crippen LogP contribution in [0.1, 0.15) is 20.3 Å². The Kier molecular flexibility index (Phi) is 6.11. The highest BCUT2D eigenvalue weighted by Gasteiger charge is 2.22. The van der Waals surface area contributed by atoms with Gasteiger partial charge in [0.05, 0.1) is 24.4 Å². The standard InChI is InChI=1S/C10H18N4O2/c1-3-14(6-7(2)5-11)10(16)8(12)4-9(13)15/h7-8H,3-4,6,12H2,1-2H3,(H2,13,15). The molecule has 6 heteroatoms. The number of nitrogens with two attached hydrogens (primary N) is 2. The number of rotatable bonds is 6. The summed E-state index contributed by atoms with van der Waals surface area (Å²) in [6.07, 6.45) is -0.170. The molecule has 0 bridgehead atoms. The van der Waals surface area contributed by atoms with Crippen LogP contribution in [0.3, 0.4) is 0 Å². The van der Waals surface area contributed by atoms with E-state index in [0.717, 1.165) is 0 Å². The normalized spacial score (nSPS) is 13.6. The summed E-state index contributed by atoms with van der Waals surface area (Å²) in [4.78, 5) is 23.8. The van der Waals surface area contributed by atoms with Crippen LogP contribution in [0.25, 0.3) is 0 Å². The molecule has 90 valence electrons. The van der Waals surface area contributed by atoms with Gasteiger partial charge in [0.1, 0.15) is 0 Å². The highest BCUT2D eigenvalue weighted by Crippen LogP contribution is 2.02. The van der Waals surface area contributed by atoms with E-state index >= 15 is 0 Å².